The molecule has 1 unspecified atom stereocenters. The third kappa shape index (κ3) is 1.92. The number of terminal acetylenes is 1. The summed E-state index contributed by atoms with van der Waals surface area (Å²) in [5.41, 5.74) is 0.776. The first-order valence-corrected chi connectivity index (χ1v) is 4.70. The van der Waals surface area contributed by atoms with Crippen LogP contribution in [0.4, 0.5) is 0 Å². The smallest absolute Gasteiger partial charge is 0.0498 e. The van der Waals surface area contributed by atoms with Gasteiger partial charge < -0.3 is 0 Å². The topological polar surface area (TPSA) is 17.1 Å². The second kappa shape index (κ2) is 3.36. The molecule has 0 fully saturated rings. The Hall–Kier alpha value is -1.07. The molecule has 0 aromatic heterocycles. The maximum absolute atomic E-state index is 11.0. The van der Waals surface area contributed by atoms with Gasteiger partial charge in [0.05, 0.1) is 0 Å². The van der Waals surface area contributed by atoms with Gasteiger partial charge in [0.2, 0.25) is 0 Å². The molecule has 0 heterocycles. The maximum Gasteiger partial charge on any atom is 0.0498 e. The summed E-state index contributed by atoms with van der Waals surface area (Å²) < 4.78 is 11.0. The summed E-state index contributed by atoms with van der Waals surface area (Å²) in [7, 11) is -0.936. The molecule has 0 N–H and O–H groups in total. The lowest BCUT2D eigenvalue weighted by Gasteiger charge is -1.95. The highest BCUT2D eigenvalue weighted by Crippen LogP contribution is 2.06. The molecule has 0 radical (unpaired) electrons. The summed E-state index contributed by atoms with van der Waals surface area (Å²) in [6, 6.07) is 7.19. The molecule has 0 aliphatic heterocycles. The lowest BCUT2D eigenvalue weighted by atomic mass is 10.2. The minimum atomic E-state index is -0.936. The molecular weight excluding hydrogens is 156 g/mol. The molecule has 0 aliphatic rings. The minimum Gasteiger partial charge on any atom is -0.255 e. The molecule has 0 amide bonds. The molecule has 1 atom stereocenters. The molecule has 0 saturated heterocycles. The monoisotopic (exact) mass is 164 g/mol. The zero-order valence-electron chi connectivity index (χ0n) is 6.20. The second-order valence-corrected chi connectivity index (χ2v) is 3.51. The second-order valence-electron chi connectivity index (χ2n) is 2.13. The van der Waals surface area contributed by atoms with Gasteiger partial charge in [-0.15, -0.1) is 6.42 Å². The highest BCUT2D eigenvalue weighted by Gasteiger charge is 1.95. The van der Waals surface area contributed by atoms with E-state index in [2.05, 4.69) is 5.92 Å². The molecule has 0 bridgehead atoms. The van der Waals surface area contributed by atoms with Gasteiger partial charge in [0.15, 0.2) is 0 Å². The van der Waals surface area contributed by atoms with Crippen molar-refractivity contribution in [3.05, 3.63) is 29.8 Å². The van der Waals surface area contributed by atoms with Crippen molar-refractivity contribution in [3.63, 3.8) is 0 Å². The third-order valence-electron chi connectivity index (χ3n) is 1.33. The minimum absolute atomic E-state index is 0.776. The molecule has 0 spiro atoms. The summed E-state index contributed by atoms with van der Waals surface area (Å²) in [6.45, 7) is 0. The fourth-order valence-electron chi connectivity index (χ4n) is 0.765. The summed E-state index contributed by atoms with van der Waals surface area (Å²) >= 11 is 0. The zero-order valence-corrected chi connectivity index (χ0v) is 7.02. The van der Waals surface area contributed by atoms with Gasteiger partial charge in [-0.2, -0.15) is 0 Å². The average molecular weight is 164 g/mol. The Morgan fingerprint density at radius 3 is 2.82 bits per heavy atom. The Morgan fingerprint density at radius 1 is 1.55 bits per heavy atom. The maximum atomic E-state index is 11.0. The summed E-state index contributed by atoms with van der Waals surface area (Å²) in [5, 5.41) is 0. The first-order chi connectivity index (χ1) is 5.24. The van der Waals surface area contributed by atoms with E-state index in [9.17, 15) is 4.21 Å². The van der Waals surface area contributed by atoms with Crippen LogP contribution in [0.15, 0.2) is 29.2 Å². The molecule has 11 heavy (non-hydrogen) atoms. The van der Waals surface area contributed by atoms with Crippen LogP contribution in [0.2, 0.25) is 0 Å². The fraction of sp³-hybridized carbons (Fsp3) is 0.111. The van der Waals surface area contributed by atoms with E-state index in [4.69, 9.17) is 6.42 Å². The van der Waals surface area contributed by atoms with Crippen molar-refractivity contribution < 1.29 is 4.21 Å². The van der Waals surface area contributed by atoms with E-state index in [1.165, 1.54) is 0 Å². The Morgan fingerprint density at radius 2 is 2.27 bits per heavy atom. The Kier molecular flexibility index (Phi) is 2.45. The third-order valence-corrected chi connectivity index (χ3v) is 2.25. The Balaban J connectivity index is 3.13. The number of rotatable bonds is 1. The number of benzene rings is 1. The van der Waals surface area contributed by atoms with Crippen molar-refractivity contribution in [3.8, 4) is 12.3 Å². The van der Waals surface area contributed by atoms with Gasteiger partial charge in [-0.3, -0.25) is 4.21 Å². The van der Waals surface area contributed by atoms with E-state index < -0.39 is 10.8 Å². The van der Waals surface area contributed by atoms with Crippen LogP contribution in [0.25, 0.3) is 0 Å². The highest BCUT2D eigenvalue weighted by atomic mass is 32.2. The van der Waals surface area contributed by atoms with Crippen LogP contribution in [0.3, 0.4) is 0 Å². The Labute approximate surface area is 68.9 Å². The van der Waals surface area contributed by atoms with Crippen molar-refractivity contribution in [2.75, 3.05) is 6.26 Å². The molecule has 1 aromatic rings. The zero-order chi connectivity index (χ0) is 8.27. The average Bonchev–Trinajstić information content (AvgIpc) is 2.05. The van der Waals surface area contributed by atoms with Crippen molar-refractivity contribution in [2.24, 2.45) is 0 Å². The lowest BCUT2D eigenvalue weighted by molar-refractivity contribution is 0.687. The van der Waals surface area contributed by atoms with E-state index in [0.29, 0.717) is 0 Å². The number of hydrogen-bond donors (Lipinski definition) is 0. The van der Waals surface area contributed by atoms with E-state index in [0.717, 1.165) is 10.5 Å². The van der Waals surface area contributed by atoms with Crippen molar-refractivity contribution >= 4 is 10.8 Å². The first-order valence-electron chi connectivity index (χ1n) is 3.14. The predicted octanol–water partition coefficient (Wildman–Crippen LogP) is 1.41. The van der Waals surface area contributed by atoms with Gasteiger partial charge in [-0.1, -0.05) is 12.0 Å². The normalized spacial score (nSPS) is 12.0. The van der Waals surface area contributed by atoms with Crippen LogP contribution >= 0.6 is 0 Å². The van der Waals surface area contributed by atoms with Crippen LogP contribution in [-0.2, 0) is 10.8 Å². The standard InChI is InChI=1S/C9H8OS/c1-3-8-5-4-6-9(7-8)11(2)10/h1,4-7H,2H3. The Bertz CT molecular complexity index is 323. The van der Waals surface area contributed by atoms with Crippen molar-refractivity contribution in [2.45, 2.75) is 4.90 Å². The molecule has 1 aromatic carbocycles. The van der Waals surface area contributed by atoms with Gasteiger partial charge >= 0.3 is 0 Å². The fourth-order valence-corrected chi connectivity index (χ4v) is 1.33. The molecule has 2 heteroatoms. The van der Waals surface area contributed by atoms with Crippen LogP contribution in [0.5, 0.6) is 0 Å². The lowest BCUT2D eigenvalue weighted by Crippen LogP contribution is -1.86. The molecule has 0 aliphatic carbocycles. The van der Waals surface area contributed by atoms with Gasteiger partial charge in [-0.05, 0) is 18.2 Å². The summed E-state index contributed by atoms with van der Waals surface area (Å²) in [5.74, 6) is 2.49. The van der Waals surface area contributed by atoms with Gasteiger partial charge in [-0.25, -0.2) is 0 Å². The van der Waals surface area contributed by atoms with Crippen molar-refractivity contribution in [1.82, 2.24) is 0 Å². The molecule has 0 saturated carbocycles. The number of hydrogen-bond acceptors (Lipinski definition) is 1. The first kappa shape index (κ1) is 8.03. The van der Waals surface area contributed by atoms with E-state index in [1.807, 2.05) is 12.1 Å². The highest BCUT2D eigenvalue weighted by molar-refractivity contribution is 7.84. The molecule has 56 valence electrons. The van der Waals surface area contributed by atoms with Crippen LogP contribution in [0, 0.1) is 12.3 Å². The summed E-state index contributed by atoms with van der Waals surface area (Å²) in [4.78, 5) is 0.778. The van der Waals surface area contributed by atoms with Crippen molar-refractivity contribution in [1.29, 1.82) is 0 Å². The van der Waals surface area contributed by atoms with Crippen LogP contribution in [0.1, 0.15) is 5.56 Å². The SMILES string of the molecule is C#Cc1cccc(S(C)=O)c1. The molecular formula is C9H8OS. The predicted molar refractivity (Wildman–Crippen MR) is 46.7 cm³/mol. The van der Waals surface area contributed by atoms with E-state index in [-0.39, 0.29) is 0 Å². The van der Waals surface area contributed by atoms with Crippen LogP contribution in [-0.4, -0.2) is 10.5 Å². The molecule has 1 nitrogen and oxygen atoms in total. The van der Waals surface area contributed by atoms with E-state index in [1.54, 1.807) is 18.4 Å². The van der Waals surface area contributed by atoms with Gasteiger partial charge in [0.25, 0.3) is 0 Å². The summed E-state index contributed by atoms with van der Waals surface area (Å²) in [6.07, 6.45) is 6.80. The van der Waals surface area contributed by atoms with Crippen LogP contribution < -0.4 is 0 Å². The quantitative estimate of drug-likeness (QED) is 0.573. The van der Waals surface area contributed by atoms with E-state index >= 15 is 0 Å². The van der Waals surface area contributed by atoms with Gasteiger partial charge in [0.1, 0.15) is 0 Å². The largest absolute Gasteiger partial charge is 0.255 e. The molecule has 1 rings (SSSR count). The van der Waals surface area contributed by atoms with Gasteiger partial charge in [0, 0.05) is 27.5 Å².